The lowest BCUT2D eigenvalue weighted by molar-refractivity contribution is -0.121. The summed E-state index contributed by atoms with van der Waals surface area (Å²) in [5.41, 5.74) is 2.20. The van der Waals surface area contributed by atoms with Crippen LogP contribution in [0.25, 0.3) is 0 Å². The molecule has 1 heterocycles. The molecule has 0 fully saturated rings. The molecule has 0 spiro atoms. The topological polar surface area (TPSA) is 54.0 Å². The zero-order valence-electron chi connectivity index (χ0n) is 11.7. The van der Waals surface area contributed by atoms with Crippen LogP contribution in [0.3, 0.4) is 0 Å². The molecule has 0 unspecified atom stereocenters. The minimum Gasteiger partial charge on any atom is -0.352 e. The summed E-state index contributed by atoms with van der Waals surface area (Å²) in [6.45, 7) is 1.91. The van der Waals surface area contributed by atoms with Crippen LogP contribution in [-0.2, 0) is 17.9 Å². The van der Waals surface area contributed by atoms with Crippen LogP contribution >= 0.6 is 11.6 Å². The summed E-state index contributed by atoms with van der Waals surface area (Å²) >= 11 is 5.82. The van der Waals surface area contributed by atoms with Gasteiger partial charge in [-0.25, -0.2) is 0 Å². The number of benzene rings is 1. The lowest BCUT2D eigenvalue weighted by atomic mass is 10.2. The van der Waals surface area contributed by atoms with Crippen LogP contribution in [0.15, 0.2) is 48.8 Å². The number of amides is 1. The normalized spacial score (nSPS) is 10.3. The summed E-state index contributed by atoms with van der Waals surface area (Å²) in [5.74, 6) is 0.0374. The van der Waals surface area contributed by atoms with Crippen LogP contribution in [0.5, 0.6) is 0 Å². The minimum absolute atomic E-state index is 0.0374. The van der Waals surface area contributed by atoms with E-state index in [2.05, 4.69) is 15.6 Å². The van der Waals surface area contributed by atoms with E-state index in [1.54, 1.807) is 12.4 Å². The smallest absolute Gasteiger partial charge is 0.221 e. The van der Waals surface area contributed by atoms with Gasteiger partial charge in [0.05, 0.1) is 0 Å². The van der Waals surface area contributed by atoms with Crippen molar-refractivity contribution in [2.75, 3.05) is 6.54 Å². The molecule has 5 heteroatoms. The van der Waals surface area contributed by atoms with Gasteiger partial charge >= 0.3 is 0 Å². The Morgan fingerprint density at radius 2 is 1.67 bits per heavy atom. The molecule has 0 aliphatic carbocycles. The van der Waals surface area contributed by atoms with Gasteiger partial charge in [-0.1, -0.05) is 23.7 Å². The number of pyridine rings is 1. The van der Waals surface area contributed by atoms with Gasteiger partial charge in [-0.2, -0.15) is 0 Å². The molecule has 2 aromatic rings. The van der Waals surface area contributed by atoms with E-state index in [1.807, 2.05) is 36.4 Å². The highest BCUT2D eigenvalue weighted by Gasteiger charge is 2.01. The number of rotatable bonds is 7. The molecule has 0 atom stereocenters. The molecule has 2 rings (SSSR count). The van der Waals surface area contributed by atoms with Gasteiger partial charge in [-0.05, 0) is 35.4 Å². The fraction of sp³-hybridized carbons (Fsp3) is 0.250. The Morgan fingerprint density at radius 3 is 2.38 bits per heavy atom. The summed E-state index contributed by atoms with van der Waals surface area (Å²) in [5, 5.41) is 6.85. The second-order valence-corrected chi connectivity index (χ2v) is 5.12. The van der Waals surface area contributed by atoms with Gasteiger partial charge in [0.25, 0.3) is 0 Å². The summed E-state index contributed by atoms with van der Waals surface area (Å²) in [4.78, 5) is 15.6. The molecule has 1 amide bonds. The molecule has 0 bridgehead atoms. The highest BCUT2D eigenvalue weighted by Crippen LogP contribution is 2.08. The lowest BCUT2D eigenvalue weighted by Crippen LogP contribution is -2.27. The lowest BCUT2D eigenvalue weighted by Gasteiger charge is -2.07. The second-order valence-electron chi connectivity index (χ2n) is 4.69. The molecule has 0 radical (unpaired) electrons. The second kappa shape index (κ2) is 8.39. The number of hydrogen-bond acceptors (Lipinski definition) is 3. The average Bonchev–Trinajstić information content (AvgIpc) is 2.52. The predicted octanol–water partition coefficient (Wildman–Crippen LogP) is 2.53. The Hall–Kier alpha value is -1.91. The fourth-order valence-electron chi connectivity index (χ4n) is 1.83. The Morgan fingerprint density at radius 1 is 1.00 bits per heavy atom. The first kappa shape index (κ1) is 15.5. The molecule has 1 aromatic heterocycles. The molecule has 0 saturated carbocycles. The van der Waals surface area contributed by atoms with Gasteiger partial charge in [-0.3, -0.25) is 9.78 Å². The van der Waals surface area contributed by atoms with E-state index in [9.17, 15) is 4.79 Å². The van der Waals surface area contributed by atoms with Crippen LogP contribution in [0.4, 0.5) is 0 Å². The molecule has 4 nitrogen and oxygen atoms in total. The predicted molar refractivity (Wildman–Crippen MR) is 83.9 cm³/mol. The van der Waals surface area contributed by atoms with E-state index in [-0.39, 0.29) is 5.91 Å². The van der Waals surface area contributed by atoms with Crippen LogP contribution in [0, 0.1) is 0 Å². The largest absolute Gasteiger partial charge is 0.352 e. The van der Waals surface area contributed by atoms with Gasteiger partial charge < -0.3 is 10.6 Å². The third-order valence-corrected chi connectivity index (χ3v) is 3.26. The summed E-state index contributed by atoms with van der Waals surface area (Å²) in [7, 11) is 0. The van der Waals surface area contributed by atoms with Crippen LogP contribution in [0.2, 0.25) is 5.02 Å². The van der Waals surface area contributed by atoms with Gasteiger partial charge in [0.15, 0.2) is 0 Å². The van der Waals surface area contributed by atoms with Crippen LogP contribution in [0.1, 0.15) is 17.5 Å². The van der Waals surface area contributed by atoms with E-state index < -0.39 is 0 Å². The minimum atomic E-state index is 0.0374. The highest BCUT2D eigenvalue weighted by atomic mass is 35.5. The Balaban J connectivity index is 1.60. The van der Waals surface area contributed by atoms with Crippen molar-refractivity contribution >= 4 is 17.5 Å². The first-order valence-corrected chi connectivity index (χ1v) is 7.22. The fourth-order valence-corrected chi connectivity index (χ4v) is 1.95. The molecular formula is C16H18ClN3O. The van der Waals surface area contributed by atoms with Gasteiger partial charge in [-0.15, -0.1) is 0 Å². The molecule has 0 aliphatic heterocycles. The summed E-state index contributed by atoms with van der Waals surface area (Å²) < 4.78 is 0. The molecule has 110 valence electrons. The van der Waals surface area contributed by atoms with Crippen molar-refractivity contribution in [3.05, 3.63) is 64.9 Å². The number of nitrogens with zero attached hydrogens (tertiary/aromatic N) is 1. The molecule has 0 saturated heterocycles. The molecule has 2 N–H and O–H groups in total. The number of nitrogens with one attached hydrogen (secondary N) is 2. The SMILES string of the molecule is O=C(CCNCc1ccc(Cl)cc1)NCc1ccncc1. The standard InChI is InChI=1S/C16H18ClN3O/c17-15-3-1-13(2-4-15)11-19-10-7-16(21)20-12-14-5-8-18-9-6-14/h1-6,8-9,19H,7,10-12H2,(H,20,21). The van der Waals surface area contributed by atoms with E-state index in [1.165, 1.54) is 0 Å². The average molecular weight is 304 g/mol. The first-order chi connectivity index (χ1) is 10.2. The number of aromatic nitrogens is 1. The number of carbonyl (C=O) groups is 1. The number of carbonyl (C=O) groups excluding carboxylic acids is 1. The molecular weight excluding hydrogens is 286 g/mol. The maximum atomic E-state index is 11.7. The molecule has 0 aliphatic rings. The van der Waals surface area contributed by atoms with Crippen molar-refractivity contribution in [3.8, 4) is 0 Å². The van der Waals surface area contributed by atoms with Crippen molar-refractivity contribution in [1.82, 2.24) is 15.6 Å². The third kappa shape index (κ3) is 5.94. The third-order valence-electron chi connectivity index (χ3n) is 3.01. The summed E-state index contributed by atoms with van der Waals surface area (Å²) in [6.07, 6.45) is 3.89. The quantitative estimate of drug-likeness (QED) is 0.773. The maximum absolute atomic E-state index is 11.7. The van der Waals surface area contributed by atoms with Gasteiger partial charge in [0, 0.05) is 43.5 Å². The first-order valence-electron chi connectivity index (χ1n) is 6.85. The van der Waals surface area contributed by atoms with Crippen molar-refractivity contribution in [1.29, 1.82) is 0 Å². The van der Waals surface area contributed by atoms with Crippen LogP contribution in [-0.4, -0.2) is 17.4 Å². The molecule has 1 aromatic carbocycles. The Labute approximate surface area is 129 Å². The van der Waals surface area contributed by atoms with E-state index in [0.717, 1.165) is 22.7 Å². The highest BCUT2D eigenvalue weighted by molar-refractivity contribution is 6.30. The van der Waals surface area contributed by atoms with E-state index in [4.69, 9.17) is 11.6 Å². The Bertz CT molecular complexity index is 557. The number of halogens is 1. The van der Waals surface area contributed by atoms with Crippen molar-refractivity contribution in [2.24, 2.45) is 0 Å². The van der Waals surface area contributed by atoms with Crippen molar-refractivity contribution in [2.45, 2.75) is 19.5 Å². The van der Waals surface area contributed by atoms with Crippen LogP contribution < -0.4 is 10.6 Å². The van der Waals surface area contributed by atoms with Gasteiger partial charge in [0.2, 0.25) is 5.91 Å². The molecule has 21 heavy (non-hydrogen) atoms. The summed E-state index contributed by atoms with van der Waals surface area (Å²) in [6, 6.07) is 11.4. The van der Waals surface area contributed by atoms with Gasteiger partial charge in [0.1, 0.15) is 0 Å². The monoisotopic (exact) mass is 303 g/mol. The zero-order chi connectivity index (χ0) is 14.9. The van der Waals surface area contributed by atoms with Crippen molar-refractivity contribution in [3.63, 3.8) is 0 Å². The van der Waals surface area contributed by atoms with Crippen molar-refractivity contribution < 1.29 is 4.79 Å². The Kier molecular flexibility index (Phi) is 6.19. The zero-order valence-corrected chi connectivity index (χ0v) is 12.4. The van der Waals surface area contributed by atoms with E-state index in [0.29, 0.717) is 19.5 Å². The maximum Gasteiger partial charge on any atom is 0.221 e. The van der Waals surface area contributed by atoms with E-state index >= 15 is 0 Å². The number of hydrogen-bond donors (Lipinski definition) is 2.